The number of fused-ring (bicyclic) bond motifs is 1. The first-order valence-corrected chi connectivity index (χ1v) is 11.6. The molecule has 1 saturated heterocycles. The van der Waals surface area contributed by atoms with Gasteiger partial charge in [0.2, 0.25) is 5.91 Å². The van der Waals surface area contributed by atoms with Crippen LogP contribution in [0.15, 0.2) is 36.4 Å². The number of nitrogens with one attached hydrogen (secondary N) is 2. The molecule has 0 bridgehead atoms. The number of aliphatic carboxylic acids is 1. The zero-order valence-corrected chi connectivity index (χ0v) is 19.9. The van der Waals surface area contributed by atoms with Crippen molar-refractivity contribution in [3.63, 3.8) is 0 Å². The maximum atomic E-state index is 13.5. The molecule has 192 valence electrons. The molecule has 2 aromatic carbocycles. The Morgan fingerprint density at radius 1 is 1.16 bits per heavy atom. The Morgan fingerprint density at radius 3 is 2.62 bits per heavy atom. The van der Waals surface area contributed by atoms with E-state index in [0.29, 0.717) is 11.0 Å². The predicted octanol–water partition coefficient (Wildman–Crippen LogP) is -2.89. The van der Waals surface area contributed by atoms with Gasteiger partial charge in [-0.2, -0.15) is 0 Å². The van der Waals surface area contributed by atoms with Crippen molar-refractivity contribution in [2.75, 3.05) is 13.1 Å². The molecule has 3 amide bonds. The molecule has 0 unspecified atom stereocenters. The quantitative estimate of drug-likeness (QED) is 0.213. The van der Waals surface area contributed by atoms with Gasteiger partial charge in [0, 0.05) is 23.7 Å². The van der Waals surface area contributed by atoms with Crippen LogP contribution in [0.4, 0.5) is 0 Å². The number of rotatable bonds is 7. The van der Waals surface area contributed by atoms with E-state index in [1.165, 1.54) is 23.1 Å². The van der Waals surface area contributed by atoms with Crippen LogP contribution in [0, 0.1) is 6.92 Å². The van der Waals surface area contributed by atoms with E-state index in [2.05, 4.69) is 10.6 Å². The van der Waals surface area contributed by atoms with Crippen molar-refractivity contribution >= 4 is 48.9 Å². The Bertz CT molecular complexity index is 1260. The van der Waals surface area contributed by atoms with Crippen LogP contribution in [0.25, 0.3) is 0 Å². The van der Waals surface area contributed by atoms with Crippen LogP contribution >= 0.6 is 0 Å². The zero-order valence-electron chi connectivity index (χ0n) is 19.9. The van der Waals surface area contributed by atoms with E-state index < -0.39 is 56.6 Å². The molecule has 6 N–H and O–H groups in total. The molecule has 0 aromatic heterocycles. The highest BCUT2D eigenvalue weighted by Gasteiger charge is 2.41. The van der Waals surface area contributed by atoms with Crippen LogP contribution in [0.5, 0.6) is 0 Å². The molecule has 12 nitrogen and oxygen atoms in total. The summed E-state index contributed by atoms with van der Waals surface area (Å²) in [7, 11) is -2.93. The van der Waals surface area contributed by atoms with E-state index in [9.17, 15) is 34.3 Å². The highest BCUT2D eigenvalue weighted by atomic mass is 16.5. The summed E-state index contributed by atoms with van der Waals surface area (Å²) in [6.45, 7) is 1.21. The Hall–Kier alpha value is -3.71. The van der Waals surface area contributed by atoms with Crippen LogP contribution in [0.1, 0.15) is 38.3 Å². The molecule has 2 heterocycles. The molecule has 2 aliphatic rings. The van der Waals surface area contributed by atoms with Gasteiger partial charge in [0.05, 0.1) is 6.61 Å². The van der Waals surface area contributed by atoms with Gasteiger partial charge in [-0.3, -0.25) is 19.2 Å². The van der Waals surface area contributed by atoms with E-state index in [1.807, 2.05) is 0 Å². The van der Waals surface area contributed by atoms with E-state index in [-0.39, 0.29) is 36.2 Å². The molecule has 2 aromatic rings. The van der Waals surface area contributed by atoms with Gasteiger partial charge in [-0.15, -0.1) is 0 Å². The van der Waals surface area contributed by atoms with Crippen molar-refractivity contribution in [1.82, 2.24) is 15.5 Å². The number of benzene rings is 2. The first kappa shape index (κ1) is 26.4. The number of aryl methyl sites for hydroxylation is 1. The number of nitrogens with zero attached hydrogens (tertiary/aromatic N) is 1. The van der Waals surface area contributed by atoms with Gasteiger partial charge in [-0.1, -0.05) is 18.2 Å². The van der Waals surface area contributed by atoms with Gasteiger partial charge in [0.25, 0.3) is 11.8 Å². The van der Waals surface area contributed by atoms with Crippen molar-refractivity contribution in [1.29, 1.82) is 0 Å². The number of carboxylic acids is 1. The highest BCUT2D eigenvalue weighted by Crippen LogP contribution is 2.23. The van der Waals surface area contributed by atoms with Gasteiger partial charge < -0.3 is 40.4 Å². The number of amides is 3. The summed E-state index contributed by atoms with van der Waals surface area (Å²) >= 11 is 0. The average Bonchev–Trinajstić information content (AvgIpc) is 3.45. The molecule has 4 rings (SSSR count). The van der Waals surface area contributed by atoms with Crippen molar-refractivity contribution in [2.24, 2.45) is 0 Å². The van der Waals surface area contributed by atoms with E-state index in [4.69, 9.17) is 9.76 Å². The lowest BCUT2D eigenvalue weighted by Crippen LogP contribution is -2.47. The highest BCUT2D eigenvalue weighted by molar-refractivity contribution is 6.61. The lowest BCUT2D eigenvalue weighted by Gasteiger charge is -2.24. The van der Waals surface area contributed by atoms with E-state index in [0.717, 1.165) is 5.56 Å². The summed E-state index contributed by atoms with van der Waals surface area (Å²) in [5.74, 6) is -3.00. The van der Waals surface area contributed by atoms with E-state index >= 15 is 0 Å². The summed E-state index contributed by atoms with van der Waals surface area (Å²) < 4.78 is 5.15. The number of carbonyl (C=O) groups excluding carboxylic acids is 3. The number of carbonyl (C=O) groups is 4. The number of hydrogen-bond donors (Lipinski definition) is 6. The molecule has 14 heteroatoms. The maximum Gasteiger partial charge on any atom is 0.491 e. The molecule has 2 atom stereocenters. The fourth-order valence-corrected chi connectivity index (χ4v) is 4.50. The van der Waals surface area contributed by atoms with Gasteiger partial charge in [0.1, 0.15) is 12.6 Å². The first-order chi connectivity index (χ1) is 17.5. The molecule has 0 spiro atoms. The Morgan fingerprint density at radius 2 is 1.92 bits per heavy atom. The predicted molar refractivity (Wildman–Crippen MR) is 131 cm³/mol. The Kier molecular flexibility index (Phi) is 7.64. The van der Waals surface area contributed by atoms with Crippen LogP contribution in [0.3, 0.4) is 0 Å². The van der Waals surface area contributed by atoms with Gasteiger partial charge in [0.15, 0.2) is 0 Å². The smallest absolute Gasteiger partial charge is 0.480 e. The first-order valence-electron chi connectivity index (χ1n) is 11.6. The minimum Gasteiger partial charge on any atom is -0.480 e. The minimum atomic E-state index is -1.80. The molecular weight excluding hydrogens is 484 g/mol. The fraction of sp³-hybridized carbons (Fsp3) is 0.304. The van der Waals surface area contributed by atoms with Gasteiger partial charge in [-0.25, -0.2) is 0 Å². The van der Waals surface area contributed by atoms with Crippen LogP contribution in [-0.4, -0.2) is 88.2 Å². The number of carboxylic acid groups (broad SMARTS) is 1. The number of hydrogen-bond acceptors (Lipinski definition) is 8. The summed E-state index contributed by atoms with van der Waals surface area (Å²) in [5, 5.41) is 43.0. The molecule has 37 heavy (non-hydrogen) atoms. The van der Waals surface area contributed by atoms with Crippen LogP contribution in [0.2, 0.25) is 0 Å². The van der Waals surface area contributed by atoms with Crippen molar-refractivity contribution in [2.45, 2.75) is 32.0 Å². The molecule has 0 saturated carbocycles. The monoisotopic (exact) mass is 509 g/mol. The summed E-state index contributed by atoms with van der Waals surface area (Å²) in [4.78, 5) is 51.4. The zero-order chi connectivity index (χ0) is 26.9. The lowest BCUT2D eigenvalue weighted by molar-refractivity contribution is -0.138. The number of likely N-dealkylation sites (tertiary alicyclic amines) is 1. The molecule has 2 aliphatic heterocycles. The molecule has 0 aliphatic carbocycles. The third kappa shape index (κ3) is 5.67. The largest absolute Gasteiger partial charge is 0.491 e. The van der Waals surface area contributed by atoms with Gasteiger partial charge in [-0.05, 0) is 53.6 Å². The van der Waals surface area contributed by atoms with E-state index in [1.54, 1.807) is 25.1 Å². The maximum absolute atomic E-state index is 13.5. The second kappa shape index (κ2) is 10.7. The molecular formula is C23H25B2N3O9. The van der Waals surface area contributed by atoms with Crippen molar-refractivity contribution in [3.05, 3.63) is 58.7 Å². The van der Waals surface area contributed by atoms with Gasteiger partial charge >= 0.3 is 20.2 Å². The summed E-state index contributed by atoms with van der Waals surface area (Å²) in [6, 6.07) is 7.39. The topological polar surface area (TPSA) is 186 Å². The normalized spacial score (nSPS) is 18.4. The average molecular weight is 509 g/mol. The fourth-order valence-electron chi connectivity index (χ4n) is 4.50. The SMILES string of the molecule is Cc1ccc(B(O)O)cc1C(=O)N1C[C@@H](NC(=O)c2ccc3c(c2)B(O)OC3)C[C@H]1C(=O)NCC(=O)O. The molecule has 0 radical (unpaired) electrons. The second-order valence-electron chi connectivity index (χ2n) is 9.02. The Balaban J connectivity index is 1.56. The van der Waals surface area contributed by atoms with Crippen molar-refractivity contribution < 1.29 is 44.0 Å². The van der Waals surface area contributed by atoms with Crippen LogP contribution in [-0.2, 0) is 20.9 Å². The molecule has 1 fully saturated rings. The Labute approximate surface area is 212 Å². The standard InChI is InChI=1S/C23H25B2N3O9/c1-12-2-5-15(24(34)35)7-17(12)23(33)28-10-16(8-19(28)22(32)26-9-20(29)30)27-21(31)13-3-4-14-11-37-25(36)18(14)6-13/h2-7,16,19,34-36H,8-11H2,1H3,(H,26,32)(H,27,31)(H,29,30)/t16-,19-/m0/s1. The summed E-state index contributed by atoms with van der Waals surface area (Å²) in [5.41, 5.74) is 2.28. The lowest BCUT2D eigenvalue weighted by atomic mass is 9.79. The minimum absolute atomic E-state index is 0.0287. The summed E-state index contributed by atoms with van der Waals surface area (Å²) in [6.07, 6.45) is 0.0287. The third-order valence-electron chi connectivity index (χ3n) is 6.47. The van der Waals surface area contributed by atoms with Crippen molar-refractivity contribution in [3.8, 4) is 0 Å². The third-order valence-corrected chi connectivity index (χ3v) is 6.47. The second-order valence-corrected chi connectivity index (χ2v) is 9.02. The van der Waals surface area contributed by atoms with Crippen LogP contribution < -0.4 is 21.6 Å².